The fourth-order valence-electron chi connectivity index (χ4n) is 0.412. The van der Waals surface area contributed by atoms with Crippen LogP contribution in [0.3, 0.4) is 0 Å². The molecule has 0 amide bonds. The predicted octanol–water partition coefficient (Wildman–Crippen LogP) is -0.0846. The molecule has 0 fully saturated rings. The van der Waals surface area contributed by atoms with Gasteiger partial charge in [-0.3, -0.25) is 9.59 Å². The van der Waals surface area contributed by atoms with Crippen LogP contribution in [-0.2, 0) is 9.59 Å². The van der Waals surface area contributed by atoms with Crippen LogP contribution in [0.1, 0.15) is 20.3 Å². The Morgan fingerprint density at radius 2 is 2.00 bits per heavy atom. The molecular weight excluding hydrogens is 120 g/mol. The molecule has 1 N–H and O–H groups in total. The molecule has 1 atom stereocenters. The SMILES string of the molecule is CC(=O)C(=O)CC(C)O. The van der Waals surface area contributed by atoms with Crippen LogP contribution in [0.2, 0.25) is 0 Å². The first-order chi connectivity index (χ1) is 4.04. The third kappa shape index (κ3) is 3.85. The highest BCUT2D eigenvalue weighted by Gasteiger charge is 2.09. The first-order valence-corrected chi connectivity index (χ1v) is 2.76. The van der Waals surface area contributed by atoms with Crippen LogP contribution in [0.4, 0.5) is 0 Å². The molecule has 9 heavy (non-hydrogen) atoms. The van der Waals surface area contributed by atoms with Crippen LogP contribution < -0.4 is 0 Å². The topological polar surface area (TPSA) is 54.4 Å². The van der Waals surface area contributed by atoms with Crippen LogP contribution in [0, 0.1) is 0 Å². The Balaban J connectivity index is 3.65. The largest absolute Gasteiger partial charge is 0.393 e. The lowest BCUT2D eigenvalue weighted by Gasteiger charge is -1.97. The lowest BCUT2D eigenvalue weighted by molar-refractivity contribution is -0.136. The van der Waals surface area contributed by atoms with E-state index in [-0.39, 0.29) is 6.42 Å². The first-order valence-electron chi connectivity index (χ1n) is 2.76. The first kappa shape index (κ1) is 8.30. The maximum Gasteiger partial charge on any atom is 0.200 e. The molecule has 0 aliphatic rings. The Bertz CT molecular complexity index is 126. The van der Waals surface area contributed by atoms with Gasteiger partial charge in [0.05, 0.1) is 6.10 Å². The minimum Gasteiger partial charge on any atom is -0.393 e. The normalized spacial score (nSPS) is 12.8. The fourth-order valence-corrected chi connectivity index (χ4v) is 0.412. The Kier molecular flexibility index (Phi) is 3.09. The van der Waals surface area contributed by atoms with Gasteiger partial charge in [-0.05, 0) is 6.92 Å². The van der Waals surface area contributed by atoms with Gasteiger partial charge in [0.25, 0.3) is 0 Å². The predicted molar refractivity (Wildman–Crippen MR) is 32.0 cm³/mol. The number of ketones is 2. The number of hydrogen-bond donors (Lipinski definition) is 1. The van der Waals surface area contributed by atoms with E-state index in [1.807, 2.05) is 0 Å². The maximum atomic E-state index is 10.4. The van der Waals surface area contributed by atoms with E-state index in [0.29, 0.717) is 0 Å². The molecule has 0 radical (unpaired) electrons. The van der Waals surface area contributed by atoms with Crippen molar-refractivity contribution in [2.75, 3.05) is 0 Å². The van der Waals surface area contributed by atoms with Gasteiger partial charge in [0.2, 0.25) is 5.78 Å². The highest BCUT2D eigenvalue weighted by Crippen LogP contribution is 1.91. The summed E-state index contributed by atoms with van der Waals surface area (Å²) in [5, 5.41) is 8.60. The second-order valence-corrected chi connectivity index (χ2v) is 2.03. The minimum atomic E-state index is -0.707. The molecule has 0 heterocycles. The maximum absolute atomic E-state index is 10.4. The Morgan fingerprint density at radius 1 is 1.56 bits per heavy atom. The third-order valence-electron chi connectivity index (χ3n) is 0.873. The van der Waals surface area contributed by atoms with Crippen molar-refractivity contribution in [2.45, 2.75) is 26.4 Å². The molecule has 3 nitrogen and oxygen atoms in total. The molecule has 0 rings (SSSR count). The summed E-state index contributed by atoms with van der Waals surface area (Å²) in [6, 6.07) is 0. The Labute approximate surface area is 53.7 Å². The van der Waals surface area contributed by atoms with Crippen LogP contribution in [0.5, 0.6) is 0 Å². The molecule has 3 heteroatoms. The van der Waals surface area contributed by atoms with E-state index >= 15 is 0 Å². The summed E-state index contributed by atoms with van der Waals surface area (Å²) in [5.41, 5.74) is 0. The van der Waals surface area contributed by atoms with Gasteiger partial charge in [-0.2, -0.15) is 0 Å². The van der Waals surface area contributed by atoms with E-state index in [1.165, 1.54) is 13.8 Å². The summed E-state index contributed by atoms with van der Waals surface area (Å²) >= 11 is 0. The molecule has 0 aromatic rings. The summed E-state index contributed by atoms with van der Waals surface area (Å²) in [5.74, 6) is -0.999. The number of hydrogen-bond acceptors (Lipinski definition) is 3. The van der Waals surface area contributed by atoms with E-state index < -0.39 is 17.7 Å². The van der Waals surface area contributed by atoms with Crippen LogP contribution in [0.25, 0.3) is 0 Å². The zero-order valence-corrected chi connectivity index (χ0v) is 5.55. The van der Waals surface area contributed by atoms with Crippen molar-refractivity contribution in [3.63, 3.8) is 0 Å². The minimum absolute atomic E-state index is 0.0602. The number of Topliss-reactive ketones (excluding diaryl/α,β-unsaturated/α-hetero) is 2. The number of aliphatic hydroxyl groups excluding tert-OH is 1. The van der Waals surface area contributed by atoms with Gasteiger partial charge in [0.15, 0.2) is 5.78 Å². The van der Waals surface area contributed by atoms with Crippen molar-refractivity contribution in [1.29, 1.82) is 0 Å². The highest BCUT2D eigenvalue weighted by molar-refractivity contribution is 6.36. The van der Waals surface area contributed by atoms with E-state index in [2.05, 4.69) is 0 Å². The molecule has 0 aliphatic heterocycles. The molecule has 0 saturated carbocycles. The summed E-state index contributed by atoms with van der Waals surface area (Å²) in [6.45, 7) is 2.67. The molecule has 0 bridgehead atoms. The fraction of sp³-hybridized carbons (Fsp3) is 0.667. The average Bonchev–Trinajstić information content (AvgIpc) is 1.63. The average molecular weight is 130 g/mol. The van der Waals surface area contributed by atoms with Crippen LogP contribution >= 0.6 is 0 Å². The summed E-state index contributed by atoms with van der Waals surface area (Å²) < 4.78 is 0. The number of aliphatic hydroxyl groups is 1. The summed E-state index contributed by atoms with van der Waals surface area (Å²) in [6.07, 6.45) is -0.767. The highest BCUT2D eigenvalue weighted by atomic mass is 16.3. The Morgan fingerprint density at radius 3 is 2.11 bits per heavy atom. The quantitative estimate of drug-likeness (QED) is 0.543. The van der Waals surface area contributed by atoms with Gasteiger partial charge in [0, 0.05) is 13.3 Å². The van der Waals surface area contributed by atoms with Gasteiger partial charge < -0.3 is 5.11 Å². The van der Waals surface area contributed by atoms with E-state index in [4.69, 9.17) is 5.11 Å². The molecular formula is C6H10O3. The van der Waals surface area contributed by atoms with Crippen LogP contribution in [0.15, 0.2) is 0 Å². The van der Waals surface area contributed by atoms with Crippen molar-refractivity contribution in [3.05, 3.63) is 0 Å². The van der Waals surface area contributed by atoms with Crippen molar-refractivity contribution in [3.8, 4) is 0 Å². The van der Waals surface area contributed by atoms with Crippen molar-refractivity contribution < 1.29 is 14.7 Å². The molecule has 1 unspecified atom stereocenters. The zero-order valence-electron chi connectivity index (χ0n) is 5.55. The van der Waals surface area contributed by atoms with Crippen molar-refractivity contribution >= 4 is 11.6 Å². The molecule has 0 saturated heterocycles. The summed E-state index contributed by atoms with van der Waals surface area (Å²) in [7, 11) is 0. The van der Waals surface area contributed by atoms with Gasteiger partial charge in [-0.15, -0.1) is 0 Å². The number of rotatable bonds is 3. The zero-order chi connectivity index (χ0) is 7.44. The molecule has 0 spiro atoms. The van der Waals surface area contributed by atoms with Gasteiger partial charge in [-0.25, -0.2) is 0 Å². The third-order valence-corrected chi connectivity index (χ3v) is 0.873. The second kappa shape index (κ2) is 3.35. The standard InChI is InChI=1S/C6H10O3/c1-4(7)3-6(9)5(2)8/h4,7H,3H2,1-2H3. The molecule has 0 aliphatic carbocycles. The smallest absolute Gasteiger partial charge is 0.200 e. The van der Waals surface area contributed by atoms with Gasteiger partial charge >= 0.3 is 0 Å². The lowest BCUT2D eigenvalue weighted by Crippen LogP contribution is -2.15. The molecule has 0 aromatic carbocycles. The number of carbonyl (C=O) groups excluding carboxylic acids is 2. The van der Waals surface area contributed by atoms with E-state index in [9.17, 15) is 9.59 Å². The second-order valence-electron chi connectivity index (χ2n) is 2.03. The van der Waals surface area contributed by atoms with E-state index in [1.54, 1.807) is 0 Å². The number of carbonyl (C=O) groups is 2. The Hall–Kier alpha value is -0.700. The molecule has 0 aromatic heterocycles. The van der Waals surface area contributed by atoms with E-state index in [0.717, 1.165) is 0 Å². The van der Waals surface area contributed by atoms with Crippen molar-refractivity contribution in [1.82, 2.24) is 0 Å². The summed E-state index contributed by atoms with van der Waals surface area (Å²) in [4.78, 5) is 20.7. The molecule has 52 valence electrons. The van der Waals surface area contributed by atoms with Crippen LogP contribution in [-0.4, -0.2) is 22.8 Å². The van der Waals surface area contributed by atoms with Gasteiger partial charge in [-0.1, -0.05) is 0 Å². The van der Waals surface area contributed by atoms with Gasteiger partial charge in [0.1, 0.15) is 0 Å². The lowest BCUT2D eigenvalue weighted by atomic mass is 10.1. The monoisotopic (exact) mass is 130 g/mol. The van der Waals surface area contributed by atoms with Crippen molar-refractivity contribution in [2.24, 2.45) is 0 Å².